The van der Waals surface area contributed by atoms with E-state index in [1.165, 1.54) is 0 Å². The van der Waals surface area contributed by atoms with E-state index in [2.05, 4.69) is 15.5 Å². The van der Waals surface area contributed by atoms with Crippen LogP contribution >= 0.6 is 0 Å². The second-order valence-electron chi connectivity index (χ2n) is 8.18. The summed E-state index contributed by atoms with van der Waals surface area (Å²) in [6.45, 7) is 1.70. The lowest BCUT2D eigenvalue weighted by Gasteiger charge is -2.31. The summed E-state index contributed by atoms with van der Waals surface area (Å²) in [7, 11) is 0. The van der Waals surface area contributed by atoms with E-state index in [0.29, 0.717) is 38.9 Å². The lowest BCUT2D eigenvalue weighted by Crippen LogP contribution is -2.43. The Morgan fingerprint density at radius 3 is 2.59 bits per heavy atom. The molecule has 1 aliphatic heterocycles. The van der Waals surface area contributed by atoms with Crippen LogP contribution in [0.25, 0.3) is 16.4 Å². The molecule has 0 bridgehead atoms. The zero-order valence-corrected chi connectivity index (χ0v) is 17.8. The summed E-state index contributed by atoms with van der Waals surface area (Å²) in [4.78, 5) is 27.6. The van der Waals surface area contributed by atoms with E-state index in [9.17, 15) is 9.59 Å². The molecule has 0 unspecified atom stereocenters. The van der Waals surface area contributed by atoms with Crippen molar-refractivity contribution in [3.63, 3.8) is 0 Å². The Kier molecular flexibility index (Phi) is 5.54. The van der Waals surface area contributed by atoms with Crippen molar-refractivity contribution in [2.24, 2.45) is 5.92 Å². The summed E-state index contributed by atoms with van der Waals surface area (Å²) in [6.07, 6.45) is 3.90. The third kappa shape index (κ3) is 3.93. The van der Waals surface area contributed by atoms with Gasteiger partial charge in [-0.1, -0.05) is 42.5 Å². The number of aromatic nitrogens is 3. The van der Waals surface area contributed by atoms with Gasteiger partial charge in [-0.3, -0.25) is 14.0 Å². The van der Waals surface area contributed by atoms with Crippen molar-refractivity contribution < 1.29 is 9.59 Å². The van der Waals surface area contributed by atoms with Crippen LogP contribution in [0.5, 0.6) is 0 Å². The Bertz CT molecular complexity index is 1270. The predicted octanol–water partition coefficient (Wildman–Crippen LogP) is 3.09. The largest absolute Gasteiger partial charge is 0.355 e. The van der Waals surface area contributed by atoms with Crippen LogP contribution in [-0.2, 0) is 11.2 Å². The second-order valence-corrected chi connectivity index (χ2v) is 8.18. The molecule has 32 heavy (non-hydrogen) atoms. The zero-order valence-electron chi connectivity index (χ0n) is 17.8. The smallest absolute Gasteiger partial charge is 0.254 e. The highest BCUT2D eigenvalue weighted by atomic mass is 16.2. The molecule has 0 saturated carbocycles. The number of benzene rings is 2. The first-order chi connectivity index (χ1) is 15.7. The minimum atomic E-state index is -0.0679. The highest BCUT2D eigenvalue weighted by molar-refractivity contribution is 6.07. The second kappa shape index (κ2) is 8.78. The molecule has 1 fully saturated rings. The van der Waals surface area contributed by atoms with Crippen LogP contribution < -0.4 is 5.32 Å². The number of pyridine rings is 1. The molecule has 0 atom stereocenters. The molecule has 7 heteroatoms. The number of hydrogen-bond acceptors (Lipinski definition) is 4. The number of nitrogens with one attached hydrogen (secondary N) is 1. The van der Waals surface area contributed by atoms with Crippen LogP contribution in [0.15, 0.2) is 66.9 Å². The van der Waals surface area contributed by atoms with E-state index in [-0.39, 0.29) is 17.7 Å². The molecule has 2 aromatic carbocycles. The van der Waals surface area contributed by atoms with E-state index in [4.69, 9.17) is 0 Å². The Morgan fingerprint density at radius 1 is 0.938 bits per heavy atom. The van der Waals surface area contributed by atoms with Gasteiger partial charge in [-0.15, -0.1) is 10.2 Å². The van der Waals surface area contributed by atoms with Gasteiger partial charge in [0, 0.05) is 43.7 Å². The molecule has 0 aliphatic carbocycles. The molecular weight excluding hydrogens is 402 g/mol. The SMILES string of the molecule is O=C(NCCc1nnc2ccccn12)C1CCN(C(=O)c2cccc3ccccc23)CC1. The normalized spacial score (nSPS) is 14.7. The number of amides is 2. The fourth-order valence-corrected chi connectivity index (χ4v) is 4.43. The molecule has 0 spiro atoms. The number of hydrogen-bond donors (Lipinski definition) is 1. The molecular formula is C25H25N5O2. The number of nitrogens with zero attached hydrogens (tertiary/aromatic N) is 4. The van der Waals surface area contributed by atoms with Crippen LogP contribution in [0.4, 0.5) is 0 Å². The van der Waals surface area contributed by atoms with Gasteiger partial charge in [0.2, 0.25) is 5.91 Å². The Hall–Kier alpha value is -3.74. The van der Waals surface area contributed by atoms with Crippen LogP contribution in [0.3, 0.4) is 0 Å². The quantitative estimate of drug-likeness (QED) is 0.531. The van der Waals surface area contributed by atoms with Crippen molar-refractivity contribution in [1.29, 1.82) is 0 Å². The van der Waals surface area contributed by atoms with Crippen molar-refractivity contribution in [3.05, 3.63) is 78.2 Å². The van der Waals surface area contributed by atoms with Crippen LogP contribution in [0.1, 0.15) is 29.0 Å². The van der Waals surface area contributed by atoms with Crippen molar-refractivity contribution in [1.82, 2.24) is 24.8 Å². The zero-order chi connectivity index (χ0) is 21.9. The van der Waals surface area contributed by atoms with Gasteiger partial charge in [0.05, 0.1) is 0 Å². The molecule has 2 aromatic heterocycles. The van der Waals surface area contributed by atoms with Crippen molar-refractivity contribution >= 4 is 28.2 Å². The van der Waals surface area contributed by atoms with Crippen molar-refractivity contribution in [2.45, 2.75) is 19.3 Å². The van der Waals surface area contributed by atoms with E-state index in [1.807, 2.05) is 76.2 Å². The van der Waals surface area contributed by atoms with Gasteiger partial charge in [-0.05, 0) is 41.8 Å². The summed E-state index contributed by atoms with van der Waals surface area (Å²) in [5.74, 6) is 0.855. The third-order valence-corrected chi connectivity index (χ3v) is 6.21. The van der Waals surface area contributed by atoms with Gasteiger partial charge in [0.1, 0.15) is 5.82 Å². The number of likely N-dealkylation sites (tertiary alicyclic amines) is 1. The lowest BCUT2D eigenvalue weighted by molar-refractivity contribution is -0.126. The first kappa shape index (κ1) is 20.2. The van der Waals surface area contributed by atoms with Crippen LogP contribution in [-0.4, -0.2) is 50.9 Å². The minimum absolute atomic E-state index is 0.0411. The van der Waals surface area contributed by atoms with E-state index >= 15 is 0 Å². The van der Waals surface area contributed by atoms with Gasteiger partial charge < -0.3 is 10.2 Å². The molecule has 1 aliphatic rings. The van der Waals surface area contributed by atoms with Gasteiger partial charge in [0.25, 0.3) is 5.91 Å². The number of fused-ring (bicyclic) bond motifs is 2. The molecule has 162 valence electrons. The monoisotopic (exact) mass is 427 g/mol. The summed E-state index contributed by atoms with van der Waals surface area (Å²) < 4.78 is 1.93. The van der Waals surface area contributed by atoms with Gasteiger partial charge >= 0.3 is 0 Å². The maximum absolute atomic E-state index is 13.1. The van der Waals surface area contributed by atoms with E-state index < -0.39 is 0 Å². The van der Waals surface area contributed by atoms with Crippen molar-refractivity contribution in [3.8, 4) is 0 Å². The summed E-state index contributed by atoms with van der Waals surface area (Å²) in [5, 5.41) is 13.4. The Labute approximate surface area is 186 Å². The maximum Gasteiger partial charge on any atom is 0.254 e. The Morgan fingerprint density at radius 2 is 1.72 bits per heavy atom. The first-order valence-corrected chi connectivity index (χ1v) is 11.0. The molecule has 1 N–H and O–H groups in total. The molecule has 1 saturated heterocycles. The van der Waals surface area contributed by atoms with Crippen molar-refractivity contribution in [2.75, 3.05) is 19.6 Å². The summed E-state index contributed by atoms with van der Waals surface area (Å²) in [6, 6.07) is 19.5. The Balaban J connectivity index is 1.15. The predicted molar refractivity (Wildman–Crippen MR) is 122 cm³/mol. The standard InChI is InChI=1S/C25H25N5O2/c31-24(26-14-11-23-28-27-22-10-3-4-15-30(22)23)19-12-16-29(17-13-19)25(32)21-9-5-7-18-6-1-2-8-20(18)21/h1-10,15,19H,11-14,16-17H2,(H,26,31). The average Bonchev–Trinajstić information content (AvgIpc) is 3.26. The van der Waals surface area contributed by atoms with Gasteiger partial charge in [0.15, 0.2) is 5.65 Å². The highest BCUT2D eigenvalue weighted by Crippen LogP contribution is 2.23. The average molecular weight is 428 g/mol. The van der Waals surface area contributed by atoms with E-state index in [0.717, 1.165) is 27.8 Å². The summed E-state index contributed by atoms with van der Waals surface area (Å²) >= 11 is 0. The fourth-order valence-electron chi connectivity index (χ4n) is 4.43. The lowest BCUT2D eigenvalue weighted by atomic mass is 9.94. The molecule has 7 nitrogen and oxygen atoms in total. The van der Waals surface area contributed by atoms with Crippen LogP contribution in [0, 0.1) is 5.92 Å². The number of rotatable bonds is 5. The first-order valence-electron chi connectivity index (χ1n) is 11.0. The maximum atomic E-state index is 13.1. The molecule has 2 amide bonds. The fraction of sp³-hybridized carbons (Fsp3) is 0.280. The van der Waals surface area contributed by atoms with Gasteiger partial charge in [-0.2, -0.15) is 0 Å². The minimum Gasteiger partial charge on any atom is -0.355 e. The van der Waals surface area contributed by atoms with E-state index in [1.54, 1.807) is 0 Å². The number of piperidine rings is 1. The molecule has 5 rings (SSSR count). The number of carbonyl (C=O) groups excluding carboxylic acids is 2. The molecule has 4 aromatic rings. The number of carbonyl (C=O) groups is 2. The van der Waals surface area contributed by atoms with Crippen LogP contribution in [0.2, 0.25) is 0 Å². The van der Waals surface area contributed by atoms with Gasteiger partial charge in [-0.25, -0.2) is 0 Å². The topological polar surface area (TPSA) is 79.6 Å². The highest BCUT2D eigenvalue weighted by Gasteiger charge is 2.28. The summed E-state index contributed by atoms with van der Waals surface area (Å²) in [5.41, 5.74) is 1.53. The third-order valence-electron chi connectivity index (χ3n) is 6.21. The molecule has 0 radical (unpaired) electrons. The molecule has 3 heterocycles.